The molecule has 1 heterocycles. The molecule has 1 fully saturated rings. The van der Waals surface area contributed by atoms with Crippen LogP contribution >= 0.6 is 0 Å². The second-order valence-electron chi connectivity index (χ2n) is 5.41. The summed E-state index contributed by atoms with van der Waals surface area (Å²) in [6.07, 6.45) is 3.01. The number of likely N-dealkylation sites (tertiary alicyclic amines) is 1. The lowest BCUT2D eigenvalue weighted by Gasteiger charge is -2.30. The lowest BCUT2D eigenvalue weighted by atomic mass is 9.97. The normalized spacial score (nSPS) is 18.3. The maximum Gasteiger partial charge on any atom is 0.238 e. The monoisotopic (exact) mass is 298 g/mol. The smallest absolute Gasteiger partial charge is 0.238 e. The minimum atomic E-state index is -3.60. The molecule has 112 valence electrons. The van der Waals surface area contributed by atoms with Crippen molar-refractivity contribution in [3.63, 3.8) is 0 Å². The quantitative estimate of drug-likeness (QED) is 0.833. The molecule has 0 aliphatic carbocycles. The van der Waals surface area contributed by atoms with Gasteiger partial charge in [-0.2, -0.15) is 0 Å². The Kier molecular flexibility index (Phi) is 5.15. The molecule has 6 heteroatoms. The van der Waals surface area contributed by atoms with E-state index in [2.05, 4.69) is 4.90 Å². The van der Waals surface area contributed by atoms with E-state index in [-0.39, 0.29) is 4.90 Å². The van der Waals surface area contributed by atoms with Crippen LogP contribution in [0.1, 0.15) is 18.4 Å². The van der Waals surface area contributed by atoms with Gasteiger partial charge in [-0.3, -0.25) is 0 Å². The number of nitrogens with two attached hydrogens (primary N) is 1. The number of benzene rings is 1. The molecule has 5 nitrogen and oxygen atoms in total. The van der Waals surface area contributed by atoms with Crippen LogP contribution in [-0.2, 0) is 16.4 Å². The van der Waals surface area contributed by atoms with Crippen molar-refractivity contribution in [2.45, 2.75) is 24.2 Å². The molecular formula is C14H22N2O3S. The lowest BCUT2D eigenvalue weighted by Crippen LogP contribution is -2.36. The zero-order valence-electron chi connectivity index (χ0n) is 11.5. The molecule has 2 rings (SSSR count). The van der Waals surface area contributed by atoms with Crippen molar-refractivity contribution in [1.29, 1.82) is 0 Å². The fraction of sp³-hybridized carbons (Fsp3) is 0.571. The molecule has 0 unspecified atom stereocenters. The number of piperidine rings is 1. The Hall–Kier alpha value is -0.950. The summed E-state index contributed by atoms with van der Waals surface area (Å²) in [5.74, 6) is 0.459. The maximum absolute atomic E-state index is 11.2. The van der Waals surface area contributed by atoms with E-state index < -0.39 is 10.0 Å². The number of aliphatic hydroxyl groups excluding tert-OH is 1. The van der Waals surface area contributed by atoms with Crippen LogP contribution in [-0.4, -0.2) is 44.7 Å². The van der Waals surface area contributed by atoms with Crippen LogP contribution in [0.4, 0.5) is 0 Å². The van der Waals surface area contributed by atoms with Crippen LogP contribution in [0.3, 0.4) is 0 Å². The Balaban J connectivity index is 1.83. The first-order chi connectivity index (χ1) is 9.49. The molecule has 0 amide bonds. The predicted octanol–water partition coefficient (Wildman–Crippen LogP) is 0.581. The number of primary sulfonamides is 1. The molecule has 0 spiro atoms. The van der Waals surface area contributed by atoms with Gasteiger partial charge in [-0.25, -0.2) is 13.6 Å². The average Bonchev–Trinajstić information content (AvgIpc) is 2.45. The van der Waals surface area contributed by atoms with Crippen LogP contribution in [0, 0.1) is 5.92 Å². The Morgan fingerprint density at radius 2 is 1.80 bits per heavy atom. The molecule has 1 saturated heterocycles. The average molecular weight is 298 g/mol. The zero-order chi connectivity index (χ0) is 14.6. The number of aliphatic hydroxyl groups is 1. The molecular weight excluding hydrogens is 276 g/mol. The zero-order valence-corrected chi connectivity index (χ0v) is 12.3. The van der Waals surface area contributed by atoms with E-state index in [0.717, 1.165) is 44.5 Å². The van der Waals surface area contributed by atoms with Crippen molar-refractivity contribution >= 4 is 10.0 Å². The molecule has 0 aromatic heterocycles. The largest absolute Gasteiger partial charge is 0.396 e. The van der Waals surface area contributed by atoms with E-state index in [4.69, 9.17) is 10.2 Å². The van der Waals surface area contributed by atoms with E-state index >= 15 is 0 Å². The molecule has 0 bridgehead atoms. The van der Waals surface area contributed by atoms with Crippen molar-refractivity contribution in [3.8, 4) is 0 Å². The molecule has 3 N–H and O–H groups in total. The van der Waals surface area contributed by atoms with Crippen molar-refractivity contribution in [3.05, 3.63) is 29.8 Å². The van der Waals surface area contributed by atoms with E-state index in [0.29, 0.717) is 12.5 Å². The number of hydrogen-bond donors (Lipinski definition) is 2. The fourth-order valence-electron chi connectivity index (χ4n) is 2.53. The van der Waals surface area contributed by atoms with Gasteiger partial charge in [0.25, 0.3) is 0 Å². The summed E-state index contributed by atoms with van der Waals surface area (Å²) >= 11 is 0. The summed E-state index contributed by atoms with van der Waals surface area (Å²) in [6.45, 7) is 3.32. The SMILES string of the molecule is NS(=O)(=O)c1ccc(CCN2CCC(CO)CC2)cc1. The van der Waals surface area contributed by atoms with E-state index in [1.165, 1.54) is 0 Å². The highest BCUT2D eigenvalue weighted by atomic mass is 32.2. The van der Waals surface area contributed by atoms with Crippen molar-refractivity contribution < 1.29 is 13.5 Å². The van der Waals surface area contributed by atoms with Gasteiger partial charge in [-0.05, 0) is 56.0 Å². The van der Waals surface area contributed by atoms with Crippen molar-refractivity contribution in [2.75, 3.05) is 26.2 Å². The molecule has 0 radical (unpaired) electrons. The number of rotatable bonds is 5. The van der Waals surface area contributed by atoms with Crippen LogP contribution in [0.5, 0.6) is 0 Å². The van der Waals surface area contributed by atoms with Gasteiger partial charge in [-0.1, -0.05) is 12.1 Å². The Bertz CT molecular complexity index is 520. The lowest BCUT2D eigenvalue weighted by molar-refractivity contribution is 0.132. The summed E-state index contributed by atoms with van der Waals surface area (Å²) in [4.78, 5) is 2.55. The Labute approximate surface area is 120 Å². The summed E-state index contributed by atoms with van der Waals surface area (Å²) in [5.41, 5.74) is 1.11. The highest BCUT2D eigenvalue weighted by molar-refractivity contribution is 7.89. The molecule has 1 aliphatic rings. The van der Waals surface area contributed by atoms with Gasteiger partial charge < -0.3 is 10.0 Å². The second-order valence-corrected chi connectivity index (χ2v) is 6.97. The van der Waals surface area contributed by atoms with Crippen molar-refractivity contribution in [2.24, 2.45) is 11.1 Å². The highest BCUT2D eigenvalue weighted by Crippen LogP contribution is 2.17. The van der Waals surface area contributed by atoms with E-state index in [1.54, 1.807) is 12.1 Å². The van der Waals surface area contributed by atoms with Gasteiger partial charge in [0, 0.05) is 13.2 Å². The van der Waals surface area contributed by atoms with E-state index in [1.807, 2.05) is 12.1 Å². The van der Waals surface area contributed by atoms with E-state index in [9.17, 15) is 8.42 Å². The topological polar surface area (TPSA) is 83.6 Å². The second kappa shape index (κ2) is 6.67. The molecule has 1 aromatic carbocycles. The van der Waals surface area contributed by atoms with Gasteiger partial charge in [0.1, 0.15) is 0 Å². The minimum Gasteiger partial charge on any atom is -0.396 e. The third-order valence-corrected chi connectivity index (χ3v) is 4.86. The molecule has 0 saturated carbocycles. The first kappa shape index (κ1) is 15.4. The summed E-state index contributed by atoms with van der Waals surface area (Å²) in [6, 6.07) is 6.76. The number of hydrogen-bond acceptors (Lipinski definition) is 4. The minimum absolute atomic E-state index is 0.157. The molecule has 20 heavy (non-hydrogen) atoms. The summed E-state index contributed by atoms with van der Waals surface area (Å²) < 4.78 is 22.3. The maximum atomic E-state index is 11.2. The Morgan fingerprint density at radius 3 is 2.30 bits per heavy atom. The third-order valence-electron chi connectivity index (χ3n) is 3.93. The van der Waals surface area contributed by atoms with Crippen LogP contribution < -0.4 is 5.14 Å². The predicted molar refractivity (Wildman–Crippen MR) is 77.8 cm³/mol. The van der Waals surface area contributed by atoms with Gasteiger partial charge in [0.2, 0.25) is 10.0 Å². The first-order valence-electron chi connectivity index (χ1n) is 6.94. The summed E-state index contributed by atoms with van der Waals surface area (Å²) in [5, 5.41) is 14.2. The molecule has 0 atom stereocenters. The Morgan fingerprint density at radius 1 is 1.20 bits per heavy atom. The number of sulfonamides is 1. The highest BCUT2D eigenvalue weighted by Gasteiger charge is 2.17. The number of nitrogens with zero attached hydrogens (tertiary/aromatic N) is 1. The molecule has 1 aliphatic heterocycles. The van der Waals surface area contributed by atoms with Gasteiger partial charge in [-0.15, -0.1) is 0 Å². The van der Waals surface area contributed by atoms with Gasteiger partial charge in [0.05, 0.1) is 4.90 Å². The van der Waals surface area contributed by atoms with Gasteiger partial charge >= 0.3 is 0 Å². The third kappa shape index (κ3) is 4.28. The standard InChI is InChI=1S/C14H22N2O3S/c15-20(18,19)14-3-1-12(2-4-14)5-8-16-9-6-13(11-17)7-10-16/h1-4,13,17H,5-11H2,(H2,15,18,19). The van der Waals surface area contributed by atoms with Gasteiger partial charge in [0.15, 0.2) is 0 Å². The van der Waals surface area contributed by atoms with Crippen LogP contribution in [0.2, 0.25) is 0 Å². The van der Waals surface area contributed by atoms with Crippen LogP contribution in [0.25, 0.3) is 0 Å². The fourth-order valence-corrected chi connectivity index (χ4v) is 3.04. The van der Waals surface area contributed by atoms with Crippen molar-refractivity contribution in [1.82, 2.24) is 4.90 Å². The first-order valence-corrected chi connectivity index (χ1v) is 8.48. The summed E-state index contributed by atoms with van der Waals surface area (Å²) in [7, 11) is -3.60. The van der Waals surface area contributed by atoms with Crippen LogP contribution in [0.15, 0.2) is 29.2 Å². The molecule has 1 aromatic rings.